The van der Waals surface area contributed by atoms with Crippen molar-refractivity contribution in [3.8, 4) is 5.88 Å². The number of hydrogen-bond donors (Lipinski definition) is 2. The van der Waals surface area contributed by atoms with Gasteiger partial charge >= 0.3 is 5.92 Å². The van der Waals surface area contributed by atoms with Crippen molar-refractivity contribution in [1.29, 1.82) is 0 Å². The van der Waals surface area contributed by atoms with E-state index in [-0.39, 0.29) is 19.4 Å². The molecule has 0 atom stereocenters. The summed E-state index contributed by atoms with van der Waals surface area (Å²) in [6.07, 6.45) is 2.68. The molecule has 1 aliphatic carbocycles. The molecule has 1 saturated carbocycles. The Bertz CT molecular complexity index is 533. The molecule has 122 valence electrons. The smallest absolute Gasteiger partial charge is 0.352 e. The molecule has 0 spiro atoms. The molecule has 1 amide bonds. The lowest BCUT2D eigenvalue weighted by atomic mass is 9.75. The third kappa shape index (κ3) is 3.19. The first-order chi connectivity index (χ1) is 10.4. The Hall–Kier alpha value is -1.76. The number of ether oxygens (including phenoxy) is 1. The van der Waals surface area contributed by atoms with E-state index in [2.05, 4.69) is 10.3 Å². The Morgan fingerprint density at radius 1 is 1.55 bits per heavy atom. The largest absolute Gasteiger partial charge is 0.477 e. The summed E-state index contributed by atoms with van der Waals surface area (Å²) in [5, 5.41) is 11.9. The summed E-state index contributed by atoms with van der Waals surface area (Å²) in [7, 11) is 0. The van der Waals surface area contributed by atoms with Gasteiger partial charge in [0, 0.05) is 18.3 Å². The summed E-state index contributed by atoms with van der Waals surface area (Å²) in [5.41, 5.74) is -1.70. The van der Waals surface area contributed by atoms with E-state index in [0.717, 1.165) is 6.42 Å². The Morgan fingerprint density at radius 2 is 2.27 bits per heavy atom. The van der Waals surface area contributed by atoms with Gasteiger partial charge in [-0.05, 0) is 31.7 Å². The normalized spacial score (nSPS) is 16.7. The number of nitrogens with one attached hydrogen (secondary N) is 1. The molecule has 1 heterocycles. The van der Waals surface area contributed by atoms with Crippen LogP contribution in [0.25, 0.3) is 0 Å². The van der Waals surface area contributed by atoms with Crippen LogP contribution in [0.3, 0.4) is 0 Å². The lowest BCUT2D eigenvalue weighted by Gasteiger charge is -2.41. The number of nitrogens with zero attached hydrogens (tertiary/aromatic N) is 1. The lowest BCUT2D eigenvalue weighted by molar-refractivity contribution is -0.216. The van der Waals surface area contributed by atoms with Gasteiger partial charge in [0.05, 0.1) is 6.61 Å². The third-order valence-corrected chi connectivity index (χ3v) is 3.78. The maximum atomic E-state index is 13.9. The van der Waals surface area contributed by atoms with E-state index in [1.807, 2.05) is 6.92 Å². The van der Waals surface area contributed by atoms with E-state index in [4.69, 9.17) is 4.74 Å². The molecule has 1 aliphatic rings. The summed E-state index contributed by atoms with van der Waals surface area (Å²) in [5.74, 6) is -4.95. The molecule has 0 bridgehead atoms. The maximum absolute atomic E-state index is 13.9. The highest BCUT2D eigenvalue weighted by Crippen LogP contribution is 2.44. The molecule has 7 heteroatoms. The van der Waals surface area contributed by atoms with Crippen LogP contribution in [0.4, 0.5) is 8.78 Å². The number of hydrogen-bond acceptors (Lipinski definition) is 4. The summed E-state index contributed by atoms with van der Waals surface area (Å²) in [6.45, 7) is 2.26. The molecule has 1 aromatic heterocycles. The highest BCUT2D eigenvalue weighted by Gasteiger charge is 2.61. The number of rotatable bonds is 7. The van der Waals surface area contributed by atoms with Crippen molar-refractivity contribution in [2.75, 3.05) is 6.61 Å². The summed E-state index contributed by atoms with van der Waals surface area (Å²) in [6, 6.07) is 3.28. The van der Waals surface area contributed by atoms with Gasteiger partial charge in [-0.15, -0.1) is 0 Å². The van der Waals surface area contributed by atoms with Gasteiger partial charge in [-0.3, -0.25) is 4.79 Å². The predicted octanol–water partition coefficient (Wildman–Crippen LogP) is 2.04. The van der Waals surface area contributed by atoms with E-state index < -0.39 is 17.4 Å². The van der Waals surface area contributed by atoms with Crippen LogP contribution >= 0.6 is 0 Å². The Morgan fingerprint density at radius 3 is 2.86 bits per heavy atom. The standard InChI is InChI=1S/C15H20F2N2O3/c1-2-9-22-12-11(5-3-8-18-12)10-19-13(20)15(16,17)14(21)6-4-7-14/h3,5,8,21H,2,4,6-7,9-10H2,1H3,(H,19,20). The van der Waals surface area contributed by atoms with Crippen LogP contribution in [0.15, 0.2) is 18.3 Å². The van der Waals surface area contributed by atoms with Crippen LogP contribution in [0.5, 0.6) is 5.88 Å². The lowest BCUT2D eigenvalue weighted by Crippen LogP contribution is -2.60. The quantitative estimate of drug-likeness (QED) is 0.808. The zero-order valence-electron chi connectivity index (χ0n) is 12.4. The molecule has 0 saturated heterocycles. The molecule has 2 N–H and O–H groups in total. The molecule has 0 unspecified atom stereocenters. The Labute approximate surface area is 127 Å². The zero-order valence-corrected chi connectivity index (χ0v) is 12.4. The number of halogens is 2. The molecule has 0 radical (unpaired) electrons. The first-order valence-electron chi connectivity index (χ1n) is 7.36. The van der Waals surface area contributed by atoms with Crippen molar-refractivity contribution in [2.45, 2.75) is 50.7 Å². The first kappa shape index (κ1) is 16.6. The fourth-order valence-electron chi connectivity index (χ4n) is 2.21. The van der Waals surface area contributed by atoms with E-state index in [9.17, 15) is 18.7 Å². The Kier molecular flexibility index (Phi) is 4.95. The molecule has 5 nitrogen and oxygen atoms in total. The SMILES string of the molecule is CCCOc1ncccc1CNC(=O)C(F)(F)C1(O)CCC1. The van der Waals surface area contributed by atoms with Crippen LogP contribution < -0.4 is 10.1 Å². The van der Waals surface area contributed by atoms with Crippen LogP contribution in [0, 0.1) is 0 Å². The molecule has 2 rings (SSSR count). The van der Waals surface area contributed by atoms with E-state index in [0.29, 0.717) is 24.5 Å². The average molecular weight is 314 g/mol. The molecule has 22 heavy (non-hydrogen) atoms. The van der Waals surface area contributed by atoms with Crippen LogP contribution in [0.2, 0.25) is 0 Å². The van der Waals surface area contributed by atoms with E-state index in [1.54, 1.807) is 12.1 Å². The second-order valence-electron chi connectivity index (χ2n) is 5.46. The van der Waals surface area contributed by atoms with Crippen molar-refractivity contribution in [3.05, 3.63) is 23.9 Å². The highest BCUT2D eigenvalue weighted by molar-refractivity contribution is 5.85. The van der Waals surface area contributed by atoms with Gasteiger partial charge in [-0.25, -0.2) is 4.98 Å². The van der Waals surface area contributed by atoms with Gasteiger partial charge in [0.15, 0.2) is 0 Å². The molecule has 1 fully saturated rings. The monoisotopic (exact) mass is 314 g/mol. The van der Waals surface area contributed by atoms with Gasteiger partial charge in [0.1, 0.15) is 5.60 Å². The minimum Gasteiger partial charge on any atom is -0.477 e. The topological polar surface area (TPSA) is 71.5 Å². The van der Waals surface area contributed by atoms with Crippen molar-refractivity contribution in [3.63, 3.8) is 0 Å². The number of aromatic nitrogens is 1. The van der Waals surface area contributed by atoms with Crippen LogP contribution in [-0.4, -0.2) is 34.1 Å². The highest BCUT2D eigenvalue weighted by atomic mass is 19.3. The molecule has 0 aliphatic heterocycles. The van der Waals surface area contributed by atoms with Gasteiger partial charge < -0.3 is 15.2 Å². The van der Waals surface area contributed by atoms with Gasteiger partial charge in [0.25, 0.3) is 5.91 Å². The fraction of sp³-hybridized carbons (Fsp3) is 0.600. The number of amides is 1. The van der Waals surface area contributed by atoms with Crippen molar-refractivity contribution < 1.29 is 23.4 Å². The molecule has 1 aromatic rings. The molecular weight excluding hydrogens is 294 g/mol. The van der Waals surface area contributed by atoms with E-state index in [1.165, 1.54) is 6.20 Å². The van der Waals surface area contributed by atoms with E-state index >= 15 is 0 Å². The number of carbonyl (C=O) groups excluding carboxylic acids is 1. The summed E-state index contributed by atoms with van der Waals surface area (Å²) < 4.78 is 33.3. The average Bonchev–Trinajstić information content (AvgIpc) is 2.48. The zero-order chi connectivity index (χ0) is 16.2. The second kappa shape index (κ2) is 6.56. The molecular formula is C15H20F2N2O3. The number of alkyl halides is 2. The number of carbonyl (C=O) groups is 1. The number of pyridine rings is 1. The van der Waals surface area contributed by atoms with Gasteiger partial charge in [-0.2, -0.15) is 8.78 Å². The third-order valence-electron chi connectivity index (χ3n) is 3.78. The van der Waals surface area contributed by atoms with Crippen LogP contribution in [0.1, 0.15) is 38.2 Å². The summed E-state index contributed by atoms with van der Waals surface area (Å²) in [4.78, 5) is 15.7. The minimum atomic E-state index is -3.79. The van der Waals surface area contributed by atoms with Crippen molar-refractivity contribution in [2.24, 2.45) is 0 Å². The van der Waals surface area contributed by atoms with Crippen molar-refractivity contribution >= 4 is 5.91 Å². The predicted molar refractivity (Wildman–Crippen MR) is 75.6 cm³/mol. The Balaban J connectivity index is 1.99. The maximum Gasteiger partial charge on any atom is 0.352 e. The van der Waals surface area contributed by atoms with Gasteiger partial charge in [0.2, 0.25) is 5.88 Å². The first-order valence-corrected chi connectivity index (χ1v) is 7.36. The second-order valence-corrected chi connectivity index (χ2v) is 5.46. The van der Waals surface area contributed by atoms with Gasteiger partial charge in [-0.1, -0.05) is 13.0 Å². The van der Waals surface area contributed by atoms with Crippen molar-refractivity contribution in [1.82, 2.24) is 10.3 Å². The minimum absolute atomic E-state index is 0.0643. The molecule has 0 aromatic carbocycles. The number of aliphatic hydroxyl groups is 1. The summed E-state index contributed by atoms with van der Waals surface area (Å²) >= 11 is 0. The fourth-order valence-corrected chi connectivity index (χ4v) is 2.21. The van der Waals surface area contributed by atoms with Crippen LogP contribution in [-0.2, 0) is 11.3 Å².